The highest BCUT2D eigenvalue weighted by molar-refractivity contribution is 5.78. The van der Waals surface area contributed by atoms with Crippen LogP contribution in [0.25, 0.3) is 0 Å². The van der Waals surface area contributed by atoms with Gasteiger partial charge in [0.2, 0.25) is 5.91 Å². The summed E-state index contributed by atoms with van der Waals surface area (Å²) in [7, 11) is 2.02. The summed E-state index contributed by atoms with van der Waals surface area (Å²) >= 11 is 0. The molecule has 6 heteroatoms. The van der Waals surface area contributed by atoms with Gasteiger partial charge in [-0.1, -0.05) is 6.07 Å². The predicted octanol–water partition coefficient (Wildman–Crippen LogP) is 1.17. The second-order valence-corrected chi connectivity index (χ2v) is 6.25. The number of carbonyl (C=O) groups excluding carboxylic acids is 1. The summed E-state index contributed by atoms with van der Waals surface area (Å²) in [5.41, 5.74) is 2.32. The molecule has 0 aliphatic carbocycles. The second-order valence-electron chi connectivity index (χ2n) is 6.25. The lowest BCUT2D eigenvalue weighted by molar-refractivity contribution is -0.122. The van der Waals surface area contributed by atoms with E-state index in [1.54, 1.807) is 0 Å². The molecule has 3 rings (SSSR count). The van der Waals surface area contributed by atoms with E-state index < -0.39 is 0 Å². The summed E-state index contributed by atoms with van der Waals surface area (Å²) in [6.45, 7) is 6.67. The minimum absolute atomic E-state index is 0.0835. The Balaban J connectivity index is 1.42. The molecule has 0 aromatic carbocycles. The van der Waals surface area contributed by atoms with Gasteiger partial charge in [0.15, 0.2) is 0 Å². The van der Waals surface area contributed by atoms with Gasteiger partial charge in [-0.15, -0.1) is 0 Å². The zero-order valence-corrected chi connectivity index (χ0v) is 14.4. The van der Waals surface area contributed by atoms with Crippen LogP contribution in [0.1, 0.15) is 11.4 Å². The number of nitrogens with zero attached hydrogens (tertiary/aromatic N) is 4. The molecule has 1 fully saturated rings. The van der Waals surface area contributed by atoms with Gasteiger partial charge in [-0.3, -0.25) is 9.69 Å². The molecule has 0 spiro atoms. The summed E-state index contributed by atoms with van der Waals surface area (Å²) in [4.78, 5) is 21.0. The molecule has 1 N–H and O–H groups in total. The molecule has 128 valence electrons. The Bertz CT molecular complexity index is 674. The Morgan fingerprint density at radius 2 is 1.96 bits per heavy atom. The van der Waals surface area contributed by atoms with Gasteiger partial charge in [-0.25, -0.2) is 4.98 Å². The van der Waals surface area contributed by atoms with Gasteiger partial charge in [0.1, 0.15) is 5.82 Å². The number of aromatic nitrogens is 2. The Morgan fingerprint density at radius 3 is 2.58 bits per heavy atom. The summed E-state index contributed by atoms with van der Waals surface area (Å²) in [6, 6.07) is 10.1. The molecular weight excluding hydrogens is 302 g/mol. The lowest BCUT2D eigenvalue weighted by Gasteiger charge is -2.34. The van der Waals surface area contributed by atoms with Crippen molar-refractivity contribution in [3.63, 3.8) is 0 Å². The molecule has 0 bridgehead atoms. The van der Waals surface area contributed by atoms with Gasteiger partial charge < -0.3 is 14.8 Å². The van der Waals surface area contributed by atoms with Gasteiger partial charge >= 0.3 is 0 Å². The van der Waals surface area contributed by atoms with Crippen molar-refractivity contribution < 1.29 is 4.79 Å². The monoisotopic (exact) mass is 327 g/mol. The zero-order valence-electron chi connectivity index (χ0n) is 14.4. The Morgan fingerprint density at radius 1 is 1.17 bits per heavy atom. The number of aryl methyl sites for hydroxylation is 1. The van der Waals surface area contributed by atoms with Crippen LogP contribution in [0, 0.1) is 6.92 Å². The first-order valence-corrected chi connectivity index (χ1v) is 8.40. The van der Waals surface area contributed by atoms with Crippen LogP contribution >= 0.6 is 0 Å². The molecule has 0 unspecified atom stereocenters. The predicted molar refractivity (Wildman–Crippen MR) is 94.9 cm³/mol. The van der Waals surface area contributed by atoms with Gasteiger partial charge in [0.05, 0.1) is 13.1 Å². The zero-order chi connectivity index (χ0) is 16.9. The van der Waals surface area contributed by atoms with Crippen molar-refractivity contribution in [3.05, 3.63) is 47.9 Å². The first kappa shape index (κ1) is 16.5. The molecular formula is C18H25N5O. The van der Waals surface area contributed by atoms with Crippen molar-refractivity contribution in [1.29, 1.82) is 0 Å². The molecule has 24 heavy (non-hydrogen) atoms. The normalized spacial score (nSPS) is 15.5. The fourth-order valence-corrected chi connectivity index (χ4v) is 2.97. The van der Waals surface area contributed by atoms with Crippen molar-refractivity contribution in [2.75, 3.05) is 37.6 Å². The number of anilines is 1. The fraction of sp³-hybridized carbons (Fsp3) is 0.444. The Hall–Kier alpha value is -2.34. The topological polar surface area (TPSA) is 53.4 Å². The average Bonchev–Trinajstić information content (AvgIpc) is 2.93. The summed E-state index contributed by atoms with van der Waals surface area (Å²) in [5, 5.41) is 3.02. The Labute approximate surface area is 143 Å². The molecule has 3 heterocycles. The number of hydrogen-bond donors (Lipinski definition) is 1. The third-order valence-corrected chi connectivity index (χ3v) is 4.66. The molecule has 2 aromatic heterocycles. The molecule has 6 nitrogen and oxygen atoms in total. The molecule has 1 aliphatic rings. The van der Waals surface area contributed by atoms with Crippen molar-refractivity contribution in [1.82, 2.24) is 19.8 Å². The summed E-state index contributed by atoms with van der Waals surface area (Å²) in [6.07, 6.45) is 1.82. The lowest BCUT2D eigenvalue weighted by Crippen LogP contribution is -2.49. The van der Waals surface area contributed by atoms with Gasteiger partial charge in [-0.2, -0.15) is 0 Å². The number of amides is 1. The van der Waals surface area contributed by atoms with Gasteiger partial charge in [-0.05, 0) is 31.2 Å². The summed E-state index contributed by atoms with van der Waals surface area (Å²) < 4.78 is 2.10. The van der Waals surface area contributed by atoms with E-state index in [2.05, 4.69) is 43.7 Å². The number of rotatable bonds is 5. The highest BCUT2D eigenvalue weighted by Crippen LogP contribution is 2.12. The molecule has 0 radical (unpaired) electrons. The third-order valence-electron chi connectivity index (χ3n) is 4.66. The number of piperazine rings is 1. The second kappa shape index (κ2) is 7.49. The quantitative estimate of drug-likeness (QED) is 0.896. The van der Waals surface area contributed by atoms with Crippen LogP contribution in [0.15, 0.2) is 36.5 Å². The maximum Gasteiger partial charge on any atom is 0.234 e. The van der Waals surface area contributed by atoms with E-state index >= 15 is 0 Å². The van der Waals surface area contributed by atoms with Crippen molar-refractivity contribution in [2.24, 2.45) is 7.05 Å². The van der Waals surface area contributed by atoms with Gasteiger partial charge in [0.25, 0.3) is 0 Å². The number of hydrogen-bond acceptors (Lipinski definition) is 4. The van der Waals surface area contributed by atoms with Crippen LogP contribution in [0.4, 0.5) is 5.82 Å². The van der Waals surface area contributed by atoms with Crippen molar-refractivity contribution >= 4 is 11.7 Å². The van der Waals surface area contributed by atoms with E-state index in [-0.39, 0.29) is 5.91 Å². The fourth-order valence-electron chi connectivity index (χ4n) is 2.97. The molecule has 1 aliphatic heterocycles. The van der Waals surface area contributed by atoms with Crippen LogP contribution in [-0.2, 0) is 18.4 Å². The minimum atomic E-state index is 0.0835. The highest BCUT2D eigenvalue weighted by atomic mass is 16.2. The summed E-state index contributed by atoms with van der Waals surface area (Å²) in [5.74, 6) is 1.10. The van der Waals surface area contributed by atoms with Crippen LogP contribution < -0.4 is 10.2 Å². The first-order chi connectivity index (χ1) is 11.6. The van der Waals surface area contributed by atoms with E-state index in [0.29, 0.717) is 13.1 Å². The molecule has 0 atom stereocenters. The first-order valence-electron chi connectivity index (χ1n) is 8.40. The number of pyridine rings is 1. The van der Waals surface area contributed by atoms with Crippen LogP contribution in [0.5, 0.6) is 0 Å². The molecule has 1 saturated heterocycles. The Kier molecular flexibility index (Phi) is 5.15. The maximum absolute atomic E-state index is 12.2. The van der Waals surface area contributed by atoms with Crippen molar-refractivity contribution in [3.8, 4) is 0 Å². The molecule has 2 aromatic rings. The average molecular weight is 327 g/mol. The van der Waals surface area contributed by atoms with Crippen molar-refractivity contribution in [2.45, 2.75) is 13.5 Å². The van der Waals surface area contributed by atoms with Crippen LogP contribution in [0.2, 0.25) is 0 Å². The standard InChI is InChI=1S/C18H25N5O/c1-15-6-7-16(21(15)2)13-20-18(24)14-22-9-11-23(12-10-22)17-5-3-4-8-19-17/h3-8H,9-14H2,1-2H3,(H,20,24). The largest absolute Gasteiger partial charge is 0.354 e. The lowest BCUT2D eigenvalue weighted by atomic mass is 10.3. The van der Waals surface area contributed by atoms with Crippen LogP contribution in [-0.4, -0.2) is 53.1 Å². The van der Waals surface area contributed by atoms with E-state index in [4.69, 9.17) is 0 Å². The maximum atomic E-state index is 12.2. The van der Waals surface area contributed by atoms with Gasteiger partial charge in [0, 0.05) is 50.8 Å². The van der Waals surface area contributed by atoms with E-state index in [0.717, 1.165) is 37.7 Å². The number of nitrogens with one attached hydrogen (secondary N) is 1. The number of carbonyl (C=O) groups is 1. The van der Waals surface area contributed by atoms with Crippen LogP contribution in [0.3, 0.4) is 0 Å². The van der Waals surface area contributed by atoms with E-state index in [1.807, 2.05) is 31.4 Å². The molecule has 1 amide bonds. The van der Waals surface area contributed by atoms with E-state index in [9.17, 15) is 4.79 Å². The van der Waals surface area contributed by atoms with E-state index in [1.165, 1.54) is 5.69 Å². The smallest absolute Gasteiger partial charge is 0.234 e. The highest BCUT2D eigenvalue weighted by Gasteiger charge is 2.19. The minimum Gasteiger partial charge on any atom is -0.354 e. The SMILES string of the molecule is Cc1ccc(CNC(=O)CN2CCN(c3ccccn3)CC2)n1C. The third kappa shape index (κ3) is 3.94. The molecule has 0 saturated carbocycles.